The molecule has 1 amide bonds. The number of hydrogen-bond acceptors (Lipinski definition) is 7. The van der Waals surface area contributed by atoms with Crippen molar-refractivity contribution in [3.05, 3.63) is 58.9 Å². The molecule has 10 heteroatoms. The summed E-state index contributed by atoms with van der Waals surface area (Å²) >= 11 is 1.16. The van der Waals surface area contributed by atoms with Gasteiger partial charge in [-0.15, -0.1) is 5.10 Å². The number of amides is 1. The first-order chi connectivity index (χ1) is 13.1. The number of nitrogens with one attached hydrogen (secondary N) is 1. The molecule has 0 atom stereocenters. The number of carboxylic acids is 1. The topological polar surface area (TPSA) is 119 Å². The van der Waals surface area contributed by atoms with E-state index in [9.17, 15) is 9.59 Å². The Hall–Kier alpha value is -3.11. The Morgan fingerprint density at radius 1 is 1.22 bits per heavy atom. The fourth-order valence-electron chi connectivity index (χ4n) is 2.22. The minimum absolute atomic E-state index is 0.130. The second-order valence-corrected chi connectivity index (χ2v) is 6.38. The van der Waals surface area contributed by atoms with Crippen molar-refractivity contribution in [2.24, 2.45) is 0 Å². The molecule has 9 nitrogen and oxygen atoms in total. The van der Waals surface area contributed by atoms with Crippen LogP contribution in [-0.4, -0.2) is 49.5 Å². The molecule has 2 N–H and O–H groups in total. The first-order valence-corrected chi connectivity index (χ1v) is 8.92. The summed E-state index contributed by atoms with van der Waals surface area (Å²) in [5.74, 6) is -1.10. The Morgan fingerprint density at radius 3 is 2.74 bits per heavy atom. The van der Waals surface area contributed by atoms with Crippen molar-refractivity contribution < 1.29 is 19.4 Å². The summed E-state index contributed by atoms with van der Waals surface area (Å²) in [6.07, 6.45) is 3.99. The van der Waals surface area contributed by atoms with E-state index < -0.39 is 5.97 Å². The number of aromatic carboxylic acids is 1. The van der Waals surface area contributed by atoms with Gasteiger partial charge in [0.15, 0.2) is 0 Å². The predicted octanol–water partition coefficient (Wildman–Crippen LogP) is 1.76. The Balaban J connectivity index is 1.38. The van der Waals surface area contributed by atoms with E-state index in [1.807, 2.05) is 0 Å². The van der Waals surface area contributed by atoms with Crippen LogP contribution in [0.1, 0.15) is 32.1 Å². The van der Waals surface area contributed by atoms with E-state index in [0.29, 0.717) is 42.4 Å². The fraction of sp³-hybridized carbons (Fsp3) is 0.235. The number of hydrogen-bond donors (Lipinski definition) is 2. The molecule has 3 rings (SSSR count). The van der Waals surface area contributed by atoms with Gasteiger partial charge in [-0.25, -0.2) is 13.8 Å². The van der Waals surface area contributed by atoms with Crippen LogP contribution >= 0.6 is 11.5 Å². The number of carboxylic acid groups (broad SMARTS) is 1. The average molecular weight is 387 g/mol. The molecular weight excluding hydrogens is 370 g/mol. The molecule has 0 aliphatic carbocycles. The Morgan fingerprint density at radius 2 is 2.04 bits per heavy atom. The van der Waals surface area contributed by atoms with E-state index in [1.165, 1.54) is 12.1 Å². The summed E-state index contributed by atoms with van der Waals surface area (Å²) in [5.41, 5.74) is 1.58. The lowest BCUT2D eigenvalue weighted by Gasteiger charge is -2.04. The molecule has 0 unspecified atom stereocenters. The third-order valence-electron chi connectivity index (χ3n) is 3.58. The van der Waals surface area contributed by atoms with E-state index in [4.69, 9.17) is 9.84 Å². The molecule has 0 saturated carbocycles. The number of carbonyl (C=O) groups is 2. The normalized spacial score (nSPS) is 10.7. The summed E-state index contributed by atoms with van der Waals surface area (Å²) in [7, 11) is 0. The number of aromatic nitrogens is 4. The predicted molar refractivity (Wildman–Crippen MR) is 97.0 cm³/mol. The first kappa shape index (κ1) is 18.7. The van der Waals surface area contributed by atoms with Crippen molar-refractivity contribution >= 4 is 23.4 Å². The number of rotatable bonds is 9. The smallest absolute Gasteiger partial charge is 0.335 e. The molecule has 0 aliphatic rings. The number of ether oxygens (including phenoxy) is 1. The fourth-order valence-corrected chi connectivity index (χ4v) is 2.73. The van der Waals surface area contributed by atoms with Gasteiger partial charge in [0.05, 0.1) is 24.1 Å². The molecule has 2 aromatic heterocycles. The summed E-state index contributed by atoms with van der Waals surface area (Å²) < 4.78 is 11.0. The molecular formula is C17H17N5O4S. The number of carbonyl (C=O) groups excluding carboxylic acids is 1. The zero-order valence-corrected chi connectivity index (χ0v) is 15.1. The molecule has 0 spiro atoms. The summed E-state index contributed by atoms with van der Waals surface area (Å²) in [6, 6.07) is 8.02. The Labute approximate surface area is 158 Å². The molecule has 0 aliphatic heterocycles. The van der Waals surface area contributed by atoms with Crippen LogP contribution in [0.25, 0.3) is 5.69 Å². The third kappa shape index (κ3) is 5.19. The lowest BCUT2D eigenvalue weighted by atomic mass is 10.2. The van der Waals surface area contributed by atoms with Gasteiger partial charge in [-0.3, -0.25) is 4.79 Å². The highest BCUT2D eigenvalue weighted by Crippen LogP contribution is 2.10. The third-order valence-corrected chi connectivity index (χ3v) is 4.33. The van der Waals surface area contributed by atoms with Gasteiger partial charge in [0.1, 0.15) is 10.6 Å². The molecule has 27 heavy (non-hydrogen) atoms. The molecule has 140 valence electrons. The van der Waals surface area contributed by atoms with Crippen molar-refractivity contribution in [3.8, 4) is 5.69 Å². The number of benzene rings is 1. The number of nitrogens with zero attached hydrogens (tertiary/aromatic N) is 4. The van der Waals surface area contributed by atoms with Gasteiger partial charge in [0, 0.05) is 19.3 Å². The molecule has 2 heterocycles. The lowest BCUT2D eigenvalue weighted by Crippen LogP contribution is -2.24. The van der Waals surface area contributed by atoms with Crippen LogP contribution in [0.3, 0.4) is 0 Å². The van der Waals surface area contributed by atoms with Crippen LogP contribution in [0.4, 0.5) is 0 Å². The highest BCUT2D eigenvalue weighted by molar-refractivity contribution is 7.08. The first-order valence-electron chi connectivity index (χ1n) is 8.15. The van der Waals surface area contributed by atoms with Crippen LogP contribution in [0.5, 0.6) is 0 Å². The van der Waals surface area contributed by atoms with Gasteiger partial charge in [0.25, 0.3) is 5.91 Å². The van der Waals surface area contributed by atoms with Gasteiger partial charge < -0.3 is 15.2 Å². The van der Waals surface area contributed by atoms with Gasteiger partial charge in [-0.2, -0.15) is 0 Å². The highest BCUT2D eigenvalue weighted by atomic mass is 32.1. The minimum atomic E-state index is -0.975. The van der Waals surface area contributed by atoms with E-state index >= 15 is 0 Å². The second-order valence-electron chi connectivity index (χ2n) is 5.55. The van der Waals surface area contributed by atoms with Crippen molar-refractivity contribution in [3.63, 3.8) is 0 Å². The van der Waals surface area contributed by atoms with Gasteiger partial charge in [0.2, 0.25) is 0 Å². The molecule has 1 aromatic carbocycles. The summed E-state index contributed by atoms with van der Waals surface area (Å²) in [6.45, 7) is 1.29. The van der Waals surface area contributed by atoms with E-state index in [2.05, 4.69) is 20.0 Å². The van der Waals surface area contributed by atoms with E-state index in [0.717, 1.165) is 11.5 Å². The maximum atomic E-state index is 11.7. The SMILES string of the molecule is O=C(O)c1ccc(-n2cc(COCCCNC(=O)c3ccns3)nn2)cc1. The van der Waals surface area contributed by atoms with Crippen LogP contribution < -0.4 is 5.32 Å². The van der Waals surface area contributed by atoms with Gasteiger partial charge in [-0.05, 0) is 48.3 Å². The Kier molecular flexibility index (Phi) is 6.23. The van der Waals surface area contributed by atoms with Gasteiger partial charge >= 0.3 is 5.97 Å². The van der Waals surface area contributed by atoms with Crippen molar-refractivity contribution in [2.45, 2.75) is 13.0 Å². The van der Waals surface area contributed by atoms with Gasteiger partial charge in [-0.1, -0.05) is 5.21 Å². The van der Waals surface area contributed by atoms with Crippen molar-refractivity contribution in [1.29, 1.82) is 0 Å². The maximum Gasteiger partial charge on any atom is 0.335 e. The molecule has 3 aromatic rings. The summed E-state index contributed by atoms with van der Waals surface area (Å²) in [4.78, 5) is 23.2. The molecule has 0 saturated heterocycles. The quantitative estimate of drug-likeness (QED) is 0.537. The minimum Gasteiger partial charge on any atom is -0.478 e. The van der Waals surface area contributed by atoms with E-state index in [1.54, 1.807) is 35.3 Å². The van der Waals surface area contributed by atoms with Crippen LogP contribution in [0.15, 0.2) is 42.7 Å². The average Bonchev–Trinajstić information content (AvgIpc) is 3.36. The van der Waals surface area contributed by atoms with Crippen LogP contribution in [0, 0.1) is 0 Å². The zero-order chi connectivity index (χ0) is 19.1. The zero-order valence-electron chi connectivity index (χ0n) is 14.2. The Bertz CT molecular complexity index is 892. The molecule has 0 fully saturated rings. The van der Waals surface area contributed by atoms with E-state index in [-0.39, 0.29) is 11.5 Å². The summed E-state index contributed by atoms with van der Waals surface area (Å²) in [5, 5.41) is 19.7. The van der Waals surface area contributed by atoms with Crippen LogP contribution in [0.2, 0.25) is 0 Å². The van der Waals surface area contributed by atoms with Crippen molar-refractivity contribution in [1.82, 2.24) is 24.7 Å². The monoisotopic (exact) mass is 387 g/mol. The lowest BCUT2D eigenvalue weighted by molar-refractivity contribution is 0.0696. The second kappa shape index (κ2) is 9.01. The highest BCUT2D eigenvalue weighted by Gasteiger charge is 2.07. The van der Waals surface area contributed by atoms with Crippen molar-refractivity contribution in [2.75, 3.05) is 13.2 Å². The molecule has 0 bridgehead atoms. The standard InChI is InChI=1S/C17H17N5O4S/c23-16(15-6-8-19-27-15)18-7-1-9-26-11-13-10-22(21-20-13)14-4-2-12(3-5-14)17(24)25/h2-6,8,10H,1,7,9,11H2,(H,18,23)(H,24,25). The van der Waals surface area contributed by atoms with Crippen LogP contribution in [-0.2, 0) is 11.3 Å². The molecule has 0 radical (unpaired) electrons. The largest absolute Gasteiger partial charge is 0.478 e. The maximum absolute atomic E-state index is 11.7.